The third kappa shape index (κ3) is 4.07. The van der Waals surface area contributed by atoms with E-state index in [1.165, 1.54) is 0 Å². The molecule has 1 heterocycles. The minimum Gasteiger partial charge on any atom is -0.497 e. The third-order valence-corrected chi connectivity index (χ3v) is 2.75. The summed E-state index contributed by atoms with van der Waals surface area (Å²) in [5.41, 5.74) is 1.24. The Hall–Kier alpha value is -2.32. The number of methoxy groups -OCH3 is 1. The minimum absolute atomic E-state index is 0.0346. The first kappa shape index (κ1) is 15.1. The fraction of sp³-hybridized carbons (Fsp3) is 0.385. The Kier molecular flexibility index (Phi) is 4.96. The van der Waals surface area contributed by atoms with Crippen LogP contribution in [0.4, 0.5) is 4.79 Å². The van der Waals surface area contributed by atoms with Crippen molar-refractivity contribution in [1.82, 2.24) is 15.6 Å². The Morgan fingerprint density at radius 2 is 2.29 bits per heavy atom. The molecule has 1 aromatic carbocycles. The van der Waals surface area contributed by atoms with Gasteiger partial charge in [0.05, 0.1) is 26.4 Å². The predicted octanol–water partition coefficient (Wildman–Crippen LogP) is -0.0112. The molecule has 0 unspecified atom stereocenters. The summed E-state index contributed by atoms with van der Waals surface area (Å²) in [7, 11) is 1.56. The van der Waals surface area contributed by atoms with Crippen molar-refractivity contribution in [1.29, 1.82) is 0 Å². The van der Waals surface area contributed by atoms with Gasteiger partial charge in [0.1, 0.15) is 11.3 Å². The highest BCUT2D eigenvalue weighted by molar-refractivity contribution is 5.75. The molecule has 2 amide bonds. The van der Waals surface area contributed by atoms with Gasteiger partial charge in [-0.1, -0.05) is 0 Å². The number of oxazole rings is 1. The van der Waals surface area contributed by atoms with Crippen molar-refractivity contribution < 1.29 is 24.2 Å². The monoisotopic (exact) mass is 295 g/mol. The molecule has 0 saturated carbocycles. The number of hydrogen-bond donors (Lipinski definition) is 4. The molecule has 0 fully saturated rings. The Morgan fingerprint density at radius 3 is 3.00 bits per heavy atom. The molecule has 2 rings (SSSR count). The normalized spacial score (nSPS) is 12.1. The van der Waals surface area contributed by atoms with Gasteiger partial charge in [-0.25, -0.2) is 9.78 Å². The lowest BCUT2D eigenvalue weighted by atomic mass is 10.3. The van der Waals surface area contributed by atoms with Gasteiger partial charge in [0.15, 0.2) is 5.58 Å². The Bertz CT molecular complexity index is 613. The first-order valence-electron chi connectivity index (χ1n) is 6.36. The average Bonchev–Trinajstić information content (AvgIpc) is 2.92. The molecule has 1 aromatic heterocycles. The molecule has 0 bridgehead atoms. The Morgan fingerprint density at radius 1 is 1.48 bits per heavy atom. The number of carbonyl (C=O) groups excluding carboxylic acids is 1. The second-order valence-corrected chi connectivity index (χ2v) is 4.34. The summed E-state index contributed by atoms with van der Waals surface area (Å²) in [6.07, 6.45) is -0.979. The molecule has 0 aliphatic heterocycles. The van der Waals surface area contributed by atoms with Crippen molar-refractivity contribution in [2.24, 2.45) is 0 Å². The number of benzene rings is 1. The highest BCUT2D eigenvalue weighted by Gasteiger charge is 2.09. The molecule has 21 heavy (non-hydrogen) atoms. The van der Waals surface area contributed by atoms with Gasteiger partial charge >= 0.3 is 6.03 Å². The molecule has 0 aliphatic rings. The molecular formula is C13H17N3O5. The number of aliphatic hydroxyl groups excluding tert-OH is 2. The maximum atomic E-state index is 11.4. The third-order valence-electron chi connectivity index (χ3n) is 2.75. The van der Waals surface area contributed by atoms with Crippen molar-refractivity contribution in [3.05, 3.63) is 24.1 Å². The number of ether oxygens (including phenoxy) is 1. The van der Waals surface area contributed by atoms with Gasteiger partial charge in [-0.05, 0) is 12.1 Å². The average molecular weight is 295 g/mol. The molecule has 1 atom stereocenters. The topological polar surface area (TPSA) is 117 Å². The molecule has 4 N–H and O–H groups in total. The number of aliphatic hydroxyl groups is 2. The fourth-order valence-corrected chi connectivity index (χ4v) is 1.65. The van der Waals surface area contributed by atoms with Crippen LogP contribution < -0.4 is 15.4 Å². The number of aromatic nitrogens is 1. The fourth-order valence-electron chi connectivity index (χ4n) is 1.65. The molecule has 0 radical (unpaired) electrons. The Balaban J connectivity index is 1.89. The van der Waals surface area contributed by atoms with Crippen LogP contribution in [-0.2, 0) is 6.54 Å². The van der Waals surface area contributed by atoms with E-state index >= 15 is 0 Å². The van der Waals surface area contributed by atoms with E-state index in [2.05, 4.69) is 15.6 Å². The zero-order valence-electron chi connectivity index (χ0n) is 11.5. The number of carbonyl (C=O) groups is 1. The van der Waals surface area contributed by atoms with Gasteiger partial charge in [-0.2, -0.15) is 0 Å². The van der Waals surface area contributed by atoms with E-state index < -0.39 is 18.7 Å². The van der Waals surface area contributed by atoms with Gasteiger partial charge in [-0.3, -0.25) is 0 Å². The molecule has 0 saturated heterocycles. The van der Waals surface area contributed by atoms with Crippen LogP contribution in [0.2, 0.25) is 0 Å². The minimum atomic E-state index is -0.979. The van der Waals surface area contributed by atoms with Crippen LogP contribution in [0.25, 0.3) is 11.1 Å². The largest absolute Gasteiger partial charge is 0.497 e. The van der Waals surface area contributed by atoms with Crippen LogP contribution in [0.15, 0.2) is 22.6 Å². The van der Waals surface area contributed by atoms with E-state index in [0.717, 1.165) is 0 Å². The van der Waals surface area contributed by atoms with E-state index in [-0.39, 0.29) is 13.1 Å². The number of rotatable bonds is 6. The molecule has 2 aromatic rings. The number of nitrogens with zero attached hydrogens (tertiary/aromatic N) is 1. The summed E-state index contributed by atoms with van der Waals surface area (Å²) >= 11 is 0. The summed E-state index contributed by atoms with van der Waals surface area (Å²) in [6, 6.07) is 4.75. The lowest BCUT2D eigenvalue weighted by Crippen LogP contribution is -2.40. The SMILES string of the molecule is COc1ccc2oc(CNC(=O)NC[C@@H](O)CO)nc2c1. The zero-order chi connectivity index (χ0) is 15.2. The molecule has 8 nitrogen and oxygen atoms in total. The quantitative estimate of drug-likeness (QED) is 0.595. The van der Waals surface area contributed by atoms with Crippen LogP contribution in [0.5, 0.6) is 5.75 Å². The van der Waals surface area contributed by atoms with E-state index in [0.29, 0.717) is 22.7 Å². The molecule has 0 spiro atoms. The number of urea groups is 1. The van der Waals surface area contributed by atoms with Gasteiger partial charge in [-0.15, -0.1) is 0 Å². The van der Waals surface area contributed by atoms with Crippen molar-refractivity contribution in [2.45, 2.75) is 12.6 Å². The van der Waals surface area contributed by atoms with Crippen LogP contribution in [0.1, 0.15) is 5.89 Å². The van der Waals surface area contributed by atoms with Gasteiger partial charge in [0.25, 0.3) is 0 Å². The summed E-state index contributed by atoms with van der Waals surface area (Å²) in [4.78, 5) is 15.7. The van der Waals surface area contributed by atoms with Crippen LogP contribution in [0, 0.1) is 0 Å². The van der Waals surface area contributed by atoms with Crippen molar-refractivity contribution in [3.8, 4) is 5.75 Å². The number of nitrogens with one attached hydrogen (secondary N) is 2. The summed E-state index contributed by atoms with van der Waals surface area (Å²) in [5, 5.41) is 22.7. The van der Waals surface area contributed by atoms with Gasteiger partial charge in [0, 0.05) is 12.6 Å². The smallest absolute Gasteiger partial charge is 0.315 e. The van der Waals surface area contributed by atoms with Gasteiger partial charge < -0.3 is 30.0 Å². The maximum absolute atomic E-state index is 11.4. The maximum Gasteiger partial charge on any atom is 0.315 e. The van der Waals surface area contributed by atoms with Crippen molar-refractivity contribution in [3.63, 3.8) is 0 Å². The summed E-state index contributed by atoms with van der Waals surface area (Å²) in [6.45, 7) is -0.335. The highest BCUT2D eigenvalue weighted by atomic mass is 16.5. The molecule has 8 heteroatoms. The van der Waals surface area contributed by atoms with E-state index in [4.69, 9.17) is 19.4 Å². The van der Waals surface area contributed by atoms with Crippen LogP contribution in [-0.4, -0.2) is 47.6 Å². The van der Waals surface area contributed by atoms with E-state index in [1.807, 2.05) is 0 Å². The Labute approximate surface area is 120 Å². The first-order chi connectivity index (χ1) is 10.1. The molecule has 0 aliphatic carbocycles. The molecule has 114 valence electrons. The number of fused-ring (bicyclic) bond motifs is 1. The lowest BCUT2D eigenvalue weighted by Gasteiger charge is -2.09. The van der Waals surface area contributed by atoms with Crippen molar-refractivity contribution >= 4 is 17.1 Å². The molecular weight excluding hydrogens is 278 g/mol. The lowest BCUT2D eigenvalue weighted by molar-refractivity contribution is 0.0959. The second-order valence-electron chi connectivity index (χ2n) is 4.34. The van der Waals surface area contributed by atoms with Gasteiger partial charge in [0.2, 0.25) is 5.89 Å². The van der Waals surface area contributed by atoms with Crippen LogP contribution in [0.3, 0.4) is 0 Å². The van der Waals surface area contributed by atoms with Crippen molar-refractivity contribution in [2.75, 3.05) is 20.3 Å². The first-order valence-corrected chi connectivity index (χ1v) is 6.36. The summed E-state index contributed by atoms with van der Waals surface area (Å²) in [5.74, 6) is 1.03. The highest BCUT2D eigenvalue weighted by Crippen LogP contribution is 2.21. The zero-order valence-corrected chi connectivity index (χ0v) is 11.5. The second kappa shape index (κ2) is 6.91. The van der Waals surface area contributed by atoms with Crippen LogP contribution >= 0.6 is 0 Å². The predicted molar refractivity (Wildman–Crippen MR) is 73.9 cm³/mol. The standard InChI is InChI=1S/C13H17N3O5/c1-20-9-2-3-11-10(4-9)16-12(21-11)6-15-13(19)14-5-8(18)7-17/h2-4,8,17-18H,5-7H2,1H3,(H2,14,15,19)/t8-/m1/s1. The van der Waals surface area contributed by atoms with E-state index in [1.54, 1.807) is 25.3 Å². The summed E-state index contributed by atoms with van der Waals surface area (Å²) < 4.78 is 10.6. The number of hydrogen-bond acceptors (Lipinski definition) is 6. The van der Waals surface area contributed by atoms with E-state index in [9.17, 15) is 4.79 Å². The number of amides is 2.